The molecule has 0 bridgehead atoms. The van der Waals surface area contributed by atoms with Crippen molar-refractivity contribution < 1.29 is 45.5 Å². The van der Waals surface area contributed by atoms with Crippen LogP contribution in [0.25, 0.3) is 0 Å². The maximum absolute atomic E-state index is 13.7. The van der Waals surface area contributed by atoms with E-state index in [-0.39, 0.29) is 30.2 Å². The molecule has 1 heterocycles. The van der Waals surface area contributed by atoms with Crippen LogP contribution in [0, 0.1) is 0 Å². The molecule has 0 unspecified atom stereocenters. The first-order chi connectivity index (χ1) is 18.1. The fourth-order valence-electron chi connectivity index (χ4n) is 3.59. The summed E-state index contributed by atoms with van der Waals surface area (Å²) in [6.07, 6.45) is -6.20. The van der Waals surface area contributed by atoms with Crippen molar-refractivity contribution in [2.75, 3.05) is 22.8 Å². The fourth-order valence-corrected chi connectivity index (χ4v) is 5.13. The summed E-state index contributed by atoms with van der Waals surface area (Å²) in [5.74, 6) is -0.532. The summed E-state index contributed by atoms with van der Waals surface area (Å²) in [6, 6.07) is 7.45. The molecular weight excluding hydrogens is 543 g/mol. The molecule has 0 aromatic heterocycles. The van der Waals surface area contributed by atoms with Crippen molar-refractivity contribution in [2.24, 2.45) is 0 Å². The number of carbonyl (C=O) groups is 2. The Morgan fingerprint density at radius 1 is 1.13 bits per heavy atom. The van der Waals surface area contributed by atoms with Crippen molar-refractivity contribution in [3.05, 3.63) is 48.0 Å². The first-order valence-electron chi connectivity index (χ1n) is 12.0. The number of anilines is 2. The number of hydrogen-bond donors (Lipinski definition) is 2. The van der Waals surface area contributed by atoms with Crippen LogP contribution in [0.5, 0.6) is 5.75 Å². The van der Waals surface area contributed by atoms with E-state index in [1.807, 2.05) is 6.92 Å². The first-order valence-corrected chi connectivity index (χ1v) is 13.5. The van der Waals surface area contributed by atoms with Crippen LogP contribution in [0.15, 0.2) is 47.4 Å². The number of benzene rings is 2. The number of carbonyl (C=O) groups excluding carboxylic acids is 2. The van der Waals surface area contributed by atoms with Gasteiger partial charge in [-0.2, -0.15) is 13.2 Å². The summed E-state index contributed by atoms with van der Waals surface area (Å²) >= 11 is 0. The van der Waals surface area contributed by atoms with E-state index in [0.717, 1.165) is 22.5 Å². The largest absolute Gasteiger partial charge is 0.486 e. The molecule has 2 amide bonds. The van der Waals surface area contributed by atoms with Gasteiger partial charge in [0.15, 0.2) is 0 Å². The van der Waals surface area contributed by atoms with Gasteiger partial charge >= 0.3 is 12.3 Å². The molecule has 1 aliphatic heterocycles. The Hall–Kier alpha value is -3.52. The lowest BCUT2D eigenvalue weighted by molar-refractivity contribution is -0.138. The molecule has 10 nitrogen and oxygen atoms in total. The molecule has 0 aliphatic carbocycles. The molecule has 0 radical (unpaired) electrons. The van der Waals surface area contributed by atoms with E-state index in [1.54, 1.807) is 20.8 Å². The van der Waals surface area contributed by atoms with Gasteiger partial charge in [-0.3, -0.25) is 19.3 Å². The lowest BCUT2D eigenvalue weighted by Crippen LogP contribution is -2.45. The number of nitrogens with one attached hydrogen (secondary N) is 2. The van der Waals surface area contributed by atoms with Gasteiger partial charge in [-0.25, -0.2) is 18.7 Å². The van der Waals surface area contributed by atoms with E-state index in [9.17, 15) is 31.2 Å². The standard InChI is InChI=1S/C25H30F3N3O7S/c1-5-11-36-30-22(32)14-18-15-31(39(34,35)19-8-6-7-16(12-19)25(26,27)28)20-13-17(9-10-21(20)37-18)29-23(33)38-24(2,3)4/h6-10,12-13,18H,5,11,14-15H2,1-4H3,(H,29,33)(H,30,32)/t18-/m0/s1. The Kier molecular flexibility index (Phi) is 9.01. The van der Waals surface area contributed by atoms with Gasteiger partial charge in [0.2, 0.25) is 5.91 Å². The molecule has 14 heteroatoms. The van der Waals surface area contributed by atoms with Crippen molar-refractivity contribution in [3.63, 3.8) is 0 Å². The van der Waals surface area contributed by atoms with Gasteiger partial charge in [-0.15, -0.1) is 0 Å². The number of amides is 2. The van der Waals surface area contributed by atoms with Gasteiger partial charge in [0.1, 0.15) is 17.5 Å². The summed E-state index contributed by atoms with van der Waals surface area (Å²) in [4.78, 5) is 28.9. The highest BCUT2D eigenvalue weighted by atomic mass is 32.2. The maximum Gasteiger partial charge on any atom is 0.416 e. The molecule has 214 valence electrons. The van der Waals surface area contributed by atoms with Crippen molar-refractivity contribution in [1.29, 1.82) is 0 Å². The Morgan fingerprint density at radius 2 is 1.85 bits per heavy atom. The molecule has 1 atom stereocenters. The molecule has 3 rings (SSSR count). The molecule has 0 saturated heterocycles. The van der Waals surface area contributed by atoms with E-state index in [4.69, 9.17) is 14.3 Å². The van der Waals surface area contributed by atoms with E-state index < -0.39 is 56.9 Å². The molecule has 0 fully saturated rings. The number of hydroxylamine groups is 1. The van der Waals surface area contributed by atoms with Crippen molar-refractivity contribution in [2.45, 2.75) is 63.3 Å². The topological polar surface area (TPSA) is 123 Å². The first kappa shape index (κ1) is 30.0. The average molecular weight is 574 g/mol. The minimum Gasteiger partial charge on any atom is -0.486 e. The van der Waals surface area contributed by atoms with Crippen LogP contribution >= 0.6 is 0 Å². The Bertz CT molecular complexity index is 1310. The van der Waals surface area contributed by atoms with Crippen molar-refractivity contribution in [1.82, 2.24) is 5.48 Å². The van der Waals surface area contributed by atoms with Gasteiger partial charge in [0.25, 0.3) is 10.0 Å². The third kappa shape index (κ3) is 7.99. The van der Waals surface area contributed by atoms with Gasteiger partial charge in [-0.05, 0) is 63.6 Å². The second kappa shape index (κ2) is 11.7. The Labute approximate surface area is 224 Å². The normalized spacial score (nSPS) is 15.7. The number of fused-ring (bicyclic) bond motifs is 1. The zero-order valence-electron chi connectivity index (χ0n) is 21.8. The van der Waals surface area contributed by atoms with Crippen LogP contribution in [-0.2, 0) is 30.6 Å². The zero-order chi connectivity index (χ0) is 29.0. The van der Waals surface area contributed by atoms with Crippen LogP contribution in [0.4, 0.5) is 29.3 Å². The highest BCUT2D eigenvalue weighted by Gasteiger charge is 2.38. The van der Waals surface area contributed by atoms with E-state index in [1.165, 1.54) is 18.2 Å². The number of rotatable bonds is 8. The third-order valence-electron chi connectivity index (χ3n) is 5.19. The summed E-state index contributed by atoms with van der Waals surface area (Å²) < 4.78 is 79.2. The Balaban J connectivity index is 1.99. The summed E-state index contributed by atoms with van der Waals surface area (Å²) in [6.45, 7) is 6.71. The van der Waals surface area contributed by atoms with Gasteiger partial charge < -0.3 is 9.47 Å². The molecular formula is C25H30F3N3O7S. The average Bonchev–Trinajstić information content (AvgIpc) is 2.82. The van der Waals surface area contributed by atoms with Crippen molar-refractivity contribution >= 4 is 33.4 Å². The monoisotopic (exact) mass is 573 g/mol. The third-order valence-corrected chi connectivity index (χ3v) is 6.97. The summed E-state index contributed by atoms with van der Waals surface area (Å²) in [7, 11) is -4.58. The van der Waals surface area contributed by atoms with Crippen molar-refractivity contribution in [3.8, 4) is 5.75 Å². The molecule has 0 saturated carbocycles. The van der Waals surface area contributed by atoms with Crippen LogP contribution in [0.1, 0.15) is 46.1 Å². The molecule has 2 aromatic carbocycles. The number of hydrogen-bond acceptors (Lipinski definition) is 7. The fraction of sp³-hybridized carbons (Fsp3) is 0.440. The molecule has 39 heavy (non-hydrogen) atoms. The van der Waals surface area contributed by atoms with Gasteiger partial charge in [0.05, 0.1) is 35.7 Å². The van der Waals surface area contributed by atoms with Crippen LogP contribution in [0.3, 0.4) is 0 Å². The van der Waals surface area contributed by atoms with Crippen LogP contribution < -0.4 is 19.8 Å². The van der Waals surface area contributed by atoms with E-state index in [2.05, 4.69) is 10.8 Å². The lowest BCUT2D eigenvalue weighted by Gasteiger charge is -2.35. The molecule has 1 aliphatic rings. The number of nitrogens with zero attached hydrogens (tertiary/aromatic N) is 1. The number of sulfonamides is 1. The molecule has 0 spiro atoms. The number of halogens is 3. The van der Waals surface area contributed by atoms with E-state index in [0.29, 0.717) is 12.5 Å². The van der Waals surface area contributed by atoms with E-state index >= 15 is 0 Å². The van der Waals surface area contributed by atoms with Gasteiger partial charge in [-0.1, -0.05) is 13.0 Å². The smallest absolute Gasteiger partial charge is 0.416 e. The SMILES string of the molecule is CCCONC(=O)C[C@H]1CN(S(=O)(=O)c2cccc(C(F)(F)F)c2)c2cc(NC(=O)OC(C)(C)C)ccc2O1. The van der Waals surface area contributed by atoms with Crippen LogP contribution in [0.2, 0.25) is 0 Å². The van der Waals surface area contributed by atoms with Crippen LogP contribution in [-0.4, -0.2) is 45.3 Å². The minimum absolute atomic E-state index is 0.0406. The highest BCUT2D eigenvalue weighted by molar-refractivity contribution is 7.92. The van der Waals surface area contributed by atoms with Gasteiger partial charge in [0, 0.05) is 5.69 Å². The number of ether oxygens (including phenoxy) is 2. The maximum atomic E-state index is 13.7. The molecule has 2 N–H and O–H groups in total. The lowest BCUT2D eigenvalue weighted by atomic mass is 10.1. The number of alkyl halides is 3. The Morgan fingerprint density at radius 3 is 2.49 bits per heavy atom. The quantitative estimate of drug-likeness (QED) is 0.342. The summed E-state index contributed by atoms with van der Waals surface area (Å²) in [5.41, 5.74) is 0.417. The predicted molar refractivity (Wildman–Crippen MR) is 136 cm³/mol. The second-order valence-corrected chi connectivity index (χ2v) is 11.6. The summed E-state index contributed by atoms with van der Waals surface area (Å²) in [5, 5.41) is 2.49. The minimum atomic E-state index is -4.77. The highest BCUT2D eigenvalue weighted by Crippen LogP contribution is 2.40. The predicted octanol–water partition coefficient (Wildman–Crippen LogP) is 4.86. The molecule has 2 aromatic rings. The second-order valence-electron chi connectivity index (χ2n) is 9.69. The zero-order valence-corrected chi connectivity index (χ0v) is 22.6.